The predicted molar refractivity (Wildman–Crippen MR) is 149 cm³/mol. The molecule has 0 radical (unpaired) electrons. The van der Waals surface area contributed by atoms with Crippen molar-refractivity contribution in [3.63, 3.8) is 0 Å². The molecule has 39 heavy (non-hydrogen) atoms. The van der Waals surface area contributed by atoms with E-state index in [0.29, 0.717) is 29.1 Å². The molecule has 2 fully saturated rings. The second-order valence-corrected chi connectivity index (χ2v) is 11.2. The molecule has 3 aromatic carbocycles. The molecule has 3 aliphatic heterocycles. The third-order valence-corrected chi connectivity index (χ3v) is 8.88. The third kappa shape index (κ3) is 3.50. The highest BCUT2D eigenvalue weighted by Gasteiger charge is 2.70. The molecule has 1 aromatic heterocycles. The van der Waals surface area contributed by atoms with Gasteiger partial charge in [-0.25, -0.2) is 0 Å². The average molecular weight is 539 g/mol. The third-order valence-electron chi connectivity index (χ3n) is 8.66. The fourth-order valence-corrected chi connectivity index (χ4v) is 7.18. The average Bonchev–Trinajstić information content (AvgIpc) is 3.64. The van der Waals surface area contributed by atoms with Gasteiger partial charge < -0.3 is 10.3 Å². The fraction of sp³-hybridized carbons (Fsp3) is 0.258. The summed E-state index contributed by atoms with van der Waals surface area (Å²) in [7, 11) is 0. The molecular weight excluding hydrogens is 512 g/mol. The Bertz CT molecular complexity index is 1670. The van der Waals surface area contributed by atoms with E-state index in [-0.39, 0.29) is 24.3 Å². The van der Waals surface area contributed by atoms with Crippen LogP contribution >= 0.6 is 11.6 Å². The van der Waals surface area contributed by atoms with Gasteiger partial charge in [0.25, 0.3) is 0 Å². The van der Waals surface area contributed by atoms with E-state index in [2.05, 4.69) is 15.6 Å². The molecule has 3 aliphatic rings. The van der Waals surface area contributed by atoms with E-state index >= 15 is 0 Å². The lowest BCUT2D eigenvalue weighted by atomic mass is 9.76. The number of hydrogen-bond donors (Lipinski definition) is 3. The van der Waals surface area contributed by atoms with Crippen molar-refractivity contribution in [3.8, 4) is 0 Å². The number of fused-ring (bicyclic) bond motifs is 5. The molecule has 0 aliphatic carbocycles. The number of carbonyl (C=O) groups excluding carboxylic acids is 3. The van der Waals surface area contributed by atoms with Crippen LogP contribution in [0.2, 0.25) is 5.02 Å². The number of aryl methyl sites for hydroxylation is 1. The highest BCUT2D eigenvalue weighted by Crippen LogP contribution is 2.54. The van der Waals surface area contributed by atoms with Gasteiger partial charge in [0.1, 0.15) is 5.54 Å². The van der Waals surface area contributed by atoms with Crippen LogP contribution in [0.25, 0.3) is 10.9 Å². The van der Waals surface area contributed by atoms with Gasteiger partial charge in [0.05, 0.1) is 11.8 Å². The summed E-state index contributed by atoms with van der Waals surface area (Å²) in [5.74, 6) is -2.40. The smallest absolute Gasteiger partial charge is 0.250 e. The SMILES string of the molecule is Cc1cc(Cl)cc2c1NC(=O)[C@]21N[C@H](Cc2c[nH]c3ccccc23)[C@H]2C(=O)N(CCc3ccccc3)C(=O)[C@H]21. The number of para-hydroxylation sites is 1. The van der Waals surface area contributed by atoms with E-state index in [1.54, 1.807) is 12.1 Å². The first-order chi connectivity index (χ1) is 18.9. The van der Waals surface area contributed by atoms with Crippen LogP contribution in [0.3, 0.4) is 0 Å². The molecule has 3 amide bonds. The number of aromatic amines is 1. The number of anilines is 1. The van der Waals surface area contributed by atoms with E-state index in [4.69, 9.17) is 11.6 Å². The first kappa shape index (κ1) is 24.1. The van der Waals surface area contributed by atoms with Crippen LogP contribution in [-0.4, -0.2) is 40.2 Å². The number of imide groups is 1. The van der Waals surface area contributed by atoms with Crippen LogP contribution < -0.4 is 10.6 Å². The lowest BCUT2D eigenvalue weighted by molar-refractivity contribution is -0.142. The quantitative estimate of drug-likeness (QED) is 0.330. The Kier molecular flexibility index (Phi) is 5.44. The minimum atomic E-state index is -1.37. The van der Waals surface area contributed by atoms with Crippen LogP contribution in [0.1, 0.15) is 22.3 Å². The second kappa shape index (κ2) is 8.79. The van der Waals surface area contributed by atoms with Crippen molar-refractivity contribution >= 4 is 45.9 Å². The zero-order chi connectivity index (χ0) is 26.9. The molecular formula is C31H27ClN4O3. The molecule has 196 valence electrons. The summed E-state index contributed by atoms with van der Waals surface area (Å²) >= 11 is 6.48. The van der Waals surface area contributed by atoms with Gasteiger partial charge in [-0.3, -0.25) is 24.6 Å². The van der Waals surface area contributed by atoms with Crippen LogP contribution in [-0.2, 0) is 32.8 Å². The van der Waals surface area contributed by atoms with E-state index in [1.165, 1.54) is 4.90 Å². The highest BCUT2D eigenvalue weighted by atomic mass is 35.5. The summed E-state index contributed by atoms with van der Waals surface area (Å²) in [5.41, 5.74) is 3.82. The summed E-state index contributed by atoms with van der Waals surface area (Å²) in [6, 6.07) is 20.9. The van der Waals surface area contributed by atoms with Crippen LogP contribution in [0.15, 0.2) is 72.9 Å². The van der Waals surface area contributed by atoms with Crippen molar-refractivity contribution < 1.29 is 14.4 Å². The standard InChI is InChI=1S/C31H27ClN4O3/c1-17-13-20(32)15-22-27(17)34-30(39)31(22)26-25(24(35-31)14-19-16-33-23-10-6-5-9-21(19)23)28(37)36(29(26)38)12-11-18-7-3-2-4-8-18/h2-10,13,15-16,24-26,33,35H,11-12,14H2,1H3,(H,34,39)/t24-,25-,26+,31+/m1/s1. The molecule has 3 N–H and O–H groups in total. The Morgan fingerprint density at radius 3 is 2.56 bits per heavy atom. The largest absolute Gasteiger partial charge is 0.361 e. The predicted octanol–water partition coefficient (Wildman–Crippen LogP) is 4.34. The van der Waals surface area contributed by atoms with Gasteiger partial charge in [0, 0.05) is 46.0 Å². The maximum Gasteiger partial charge on any atom is 0.250 e. The van der Waals surface area contributed by atoms with Crippen molar-refractivity contribution in [2.75, 3.05) is 11.9 Å². The number of aromatic nitrogens is 1. The molecule has 4 atom stereocenters. The summed E-state index contributed by atoms with van der Waals surface area (Å²) in [4.78, 5) is 46.7. The molecule has 4 aromatic rings. The Balaban J connectivity index is 1.32. The van der Waals surface area contributed by atoms with Crippen LogP contribution in [0.5, 0.6) is 0 Å². The number of H-pyrrole nitrogens is 1. The summed E-state index contributed by atoms with van der Waals surface area (Å²) in [5, 5.41) is 8.09. The van der Waals surface area contributed by atoms with Gasteiger partial charge in [0.15, 0.2) is 0 Å². The number of hydrogen-bond acceptors (Lipinski definition) is 4. The molecule has 8 heteroatoms. The van der Waals surface area contributed by atoms with Gasteiger partial charge in [-0.15, -0.1) is 0 Å². The molecule has 0 unspecified atom stereocenters. The van der Waals surface area contributed by atoms with E-state index in [9.17, 15) is 14.4 Å². The summed E-state index contributed by atoms with van der Waals surface area (Å²) < 4.78 is 0. The Labute approximate surface area is 230 Å². The van der Waals surface area contributed by atoms with Crippen molar-refractivity contribution in [2.45, 2.75) is 31.3 Å². The van der Waals surface area contributed by atoms with E-state index in [0.717, 1.165) is 27.6 Å². The van der Waals surface area contributed by atoms with E-state index in [1.807, 2.05) is 67.7 Å². The minimum absolute atomic E-state index is 0.227. The maximum absolute atomic E-state index is 14.1. The number of benzene rings is 3. The molecule has 7 nitrogen and oxygen atoms in total. The Hall–Kier alpha value is -3.94. The monoisotopic (exact) mass is 538 g/mol. The van der Waals surface area contributed by atoms with Crippen molar-refractivity contribution in [1.29, 1.82) is 0 Å². The Morgan fingerprint density at radius 2 is 1.74 bits per heavy atom. The first-order valence-corrected chi connectivity index (χ1v) is 13.6. The zero-order valence-corrected chi connectivity index (χ0v) is 22.1. The van der Waals surface area contributed by atoms with Crippen LogP contribution in [0, 0.1) is 18.8 Å². The number of carbonyl (C=O) groups is 3. The number of nitrogens with one attached hydrogen (secondary N) is 3. The summed E-state index contributed by atoms with van der Waals surface area (Å²) in [6.45, 7) is 2.15. The number of likely N-dealkylation sites (tertiary alicyclic amines) is 1. The van der Waals surface area contributed by atoms with Gasteiger partial charge >= 0.3 is 0 Å². The van der Waals surface area contributed by atoms with Crippen molar-refractivity contribution in [2.24, 2.45) is 11.8 Å². The molecule has 4 heterocycles. The van der Waals surface area contributed by atoms with Gasteiger partial charge in [-0.1, -0.05) is 60.1 Å². The molecule has 7 rings (SSSR count). The molecule has 2 saturated heterocycles. The second-order valence-electron chi connectivity index (χ2n) is 10.8. The molecule has 1 spiro atoms. The van der Waals surface area contributed by atoms with E-state index < -0.39 is 23.4 Å². The number of amides is 3. The minimum Gasteiger partial charge on any atom is -0.361 e. The normalized spacial score (nSPS) is 25.5. The van der Waals surface area contributed by atoms with Gasteiger partial charge in [0.2, 0.25) is 17.7 Å². The Morgan fingerprint density at radius 1 is 0.974 bits per heavy atom. The lowest BCUT2D eigenvalue weighted by Crippen LogP contribution is -2.53. The van der Waals surface area contributed by atoms with Gasteiger partial charge in [-0.05, 0) is 54.7 Å². The first-order valence-electron chi connectivity index (χ1n) is 13.2. The maximum atomic E-state index is 14.1. The fourth-order valence-electron chi connectivity index (χ4n) is 6.91. The lowest BCUT2D eigenvalue weighted by Gasteiger charge is -2.29. The molecule has 0 saturated carbocycles. The molecule has 0 bridgehead atoms. The number of halogens is 1. The van der Waals surface area contributed by atoms with Crippen molar-refractivity contribution in [1.82, 2.24) is 15.2 Å². The van der Waals surface area contributed by atoms with Crippen LogP contribution in [0.4, 0.5) is 5.69 Å². The topological polar surface area (TPSA) is 94.3 Å². The summed E-state index contributed by atoms with van der Waals surface area (Å²) in [6.07, 6.45) is 2.99. The number of nitrogens with zero attached hydrogens (tertiary/aromatic N) is 1. The van der Waals surface area contributed by atoms with Gasteiger partial charge in [-0.2, -0.15) is 0 Å². The zero-order valence-electron chi connectivity index (χ0n) is 21.3. The number of rotatable bonds is 5. The van der Waals surface area contributed by atoms with Crippen molar-refractivity contribution in [3.05, 3.63) is 100 Å². The highest BCUT2D eigenvalue weighted by molar-refractivity contribution is 6.31.